The molecule has 1 aromatic heterocycles. The minimum absolute atomic E-state index is 0.747. The summed E-state index contributed by atoms with van der Waals surface area (Å²) in [7, 11) is 1.97. The molecule has 2 heteroatoms. The Bertz CT molecular complexity index is 184. The molecule has 0 saturated carbocycles. The highest BCUT2D eigenvalue weighted by Gasteiger charge is 1.94. The summed E-state index contributed by atoms with van der Waals surface area (Å²) < 4.78 is 0. The first-order valence-corrected chi connectivity index (χ1v) is 3.26. The number of aromatic nitrogens is 1. The molecule has 0 atom stereocenters. The number of rotatable bonds is 2. The van der Waals surface area contributed by atoms with Gasteiger partial charge in [-0.3, -0.25) is 0 Å². The van der Waals surface area contributed by atoms with Crippen molar-refractivity contribution in [1.82, 2.24) is 4.98 Å². The van der Waals surface area contributed by atoms with Crippen molar-refractivity contribution in [3.8, 4) is 0 Å². The Labute approximate surface area is 61.5 Å². The molecule has 0 unspecified atom stereocenters. The lowest BCUT2D eigenvalue weighted by molar-refractivity contribution is 0.989. The van der Waals surface area contributed by atoms with Crippen LogP contribution in [0.1, 0.15) is 0 Å². The van der Waals surface area contributed by atoms with Gasteiger partial charge in [0.15, 0.2) is 0 Å². The molecule has 1 heterocycles. The highest BCUT2D eigenvalue weighted by Crippen LogP contribution is 2.04. The zero-order valence-electron chi connectivity index (χ0n) is 6.12. The number of hydrogen-bond acceptors (Lipinski definition) is 2. The molecule has 0 bridgehead atoms. The fourth-order valence-corrected chi connectivity index (χ4v) is 0.694. The Morgan fingerprint density at radius 2 is 2.40 bits per heavy atom. The van der Waals surface area contributed by atoms with Gasteiger partial charge in [0.05, 0.1) is 0 Å². The molecule has 53 valence electrons. The third kappa shape index (κ3) is 1.47. The van der Waals surface area contributed by atoms with Gasteiger partial charge in [0.25, 0.3) is 0 Å². The first-order valence-electron chi connectivity index (χ1n) is 3.26. The van der Waals surface area contributed by atoms with Crippen LogP contribution < -0.4 is 4.90 Å². The van der Waals surface area contributed by atoms with E-state index in [2.05, 4.69) is 11.9 Å². The number of pyridine rings is 1. The molecule has 0 aliphatic rings. The van der Waals surface area contributed by atoms with Crippen molar-refractivity contribution < 1.29 is 0 Å². The van der Waals surface area contributed by atoms with Crippen LogP contribution in [0.2, 0.25) is 0 Å². The van der Waals surface area contributed by atoms with E-state index in [-0.39, 0.29) is 0 Å². The number of hydrogen-bond donors (Lipinski definition) is 0. The smallest absolute Gasteiger partial charge is 0.128 e. The van der Waals surface area contributed by atoms with Crippen LogP contribution in [0.15, 0.2) is 24.4 Å². The van der Waals surface area contributed by atoms with Crippen molar-refractivity contribution in [3.63, 3.8) is 0 Å². The lowest BCUT2D eigenvalue weighted by Gasteiger charge is -2.13. The Morgan fingerprint density at radius 3 is 2.90 bits per heavy atom. The van der Waals surface area contributed by atoms with Crippen LogP contribution in [-0.4, -0.2) is 18.6 Å². The molecule has 0 spiro atoms. The van der Waals surface area contributed by atoms with Crippen molar-refractivity contribution in [2.24, 2.45) is 0 Å². The van der Waals surface area contributed by atoms with Gasteiger partial charge < -0.3 is 4.90 Å². The Hall–Kier alpha value is -1.05. The summed E-state index contributed by atoms with van der Waals surface area (Å²) in [6, 6.07) is 5.83. The second-order valence-corrected chi connectivity index (χ2v) is 2.11. The van der Waals surface area contributed by atoms with Crippen LogP contribution >= 0.6 is 0 Å². The number of nitrogens with zero attached hydrogens (tertiary/aromatic N) is 2. The van der Waals surface area contributed by atoms with Crippen LogP contribution in [0.25, 0.3) is 0 Å². The molecular weight excluding hydrogens is 124 g/mol. The van der Waals surface area contributed by atoms with Crippen LogP contribution in [-0.2, 0) is 0 Å². The van der Waals surface area contributed by atoms with E-state index in [1.54, 1.807) is 6.20 Å². The zero-order valence-corrected chi connectivity index (χ0v) is 6.12. The van der Waals surface area contributed by atoms with Crippen LogP contribution in [0.4, 0.5) is 5.82 Å². The van der Waals surface area contributed by atoms with Gasteiger partial charge >= 0.3 is 0 Å². The van der Waals surface area contributed by atoms with E-state index in [0.29, 0.717) is 0 Å². The maximum atomic E-state index is 4.14. The normalized spacial score (nSPS) is 9.40. The van der Waals surface area contributed by atoms with Crippen molar-refractivity contribution in [2.45, 2.75) is 0 Å². The van der Waals surface area contributed by atoms with Crippen molar-refractivity contribution in [1.29, 1.82) is 0 Å². The van der Waals surface area contributed by atoms with Gasteiger partial charge in [-0.2, -0.15) is 0 Å². The molecule has 1 radical (unpaired) electrons. The summed E-state index contributed by atoms with van der Waals surface area (Å²) >= 11 is 0. The lowest BCUT2D eigenvalue weighted by atomic mass is 10.4. The minimum Gasteiger partial charge on any atom is -0.360 e. The Morgan fingerprint density at radius 1 is 1.60 bits per heavy atom. The summed E-state index contributed by atoms with van der Waals surface area (Å²) in [6.07, 6.45) is 1.78. The second kappa shape index (κ2) is 3.20. The van der Waals surface area contributed by atoms with Crippen molar-refractivity contribution in [3.05, 3.63) is 31.3 Å². The molecule has 0 aromatic carbocycles. The first-order chi connectivity index (χ1) is 4.84. The van der Waals surface area contributed by atoms with Gasteiger partial charge in [0.2, 0.25) is 0 Å². The summed E-state index contributed by atoms with van der Waals surface area (Å²) in [6.45, 7) is 4.49. The molecule has 0 aliphatic heterocycles. The van der Waals surface area contributed by atoms with E-state index in [4.69, 9.17) is 0 Å². The molecule has 2 nitrogen and oxygen atoms in total. The van der Waals surface area contributed by atoms with Gasteiger partial charge in [-0.25, -0.2) is 4.98 Å². The summed E-state index contributed by atoms with van der Waals surface area (Å²) in [4.78, 5) is 6.12. The van der Waals surface area contributed by atoms with E-state index in [9.17, 15) is 0 Å². The minimum atomic E-state index is 0.747. The predicted molar refractivity (Wildman–Crippen MR) is 42.9 cm³/mol. The highest BCUT2D eigenvalue weighted by atomic mass is 15.1. The maximum Gasteiger partial charge on any atom is 0.128 e. The Balaban J connectivity index is 2.75. The number of anilines is 1. The van der Waals surface area contributed by atoms with E-state index >= 15 is 0 Å². The molecule has 0 aliphatic carbocycles. The molecule has 0 amide bonds. The maximum absolute atomic E-state index is 4.14. The standard InChI is InChI=1S/C8H11N2/c1-3-10(2)8-6-4-5-7-9-8/h4-7H,1,3H2,2H3. The first kappa shape index (κ1) is 7.06. The van der Waals surface area contributed by atoms with Crippen LogP contribution in [0.5, 0.6) is 0 Å². The van der Waals surface area contributed by atoms with Crippen molar-refractivity contribution >= 4 is 5.82 Å². The molecule has 0 saturated heterocycles. The third-order valence-electron chi connectivity index (χ3n) is 1.38. The largest absolute Gasteiger partial charge is 0.360 e. The quantitative estimate of drug-likeness (QED) is 0.608. The van der Waals surface area contributed by atoms with Gasteiger partial charge in [-0.05, 0) is 19.1 Å². The van der Waals surface area contributed by atoms with Gasteiger partial charge in [0, 0.05) is 19.8 Å². The second-order valence-electron chi connectivity index (χ2n) is 2.11. The predicted octanol–water partition coefficient (Wildman–Crippen LogP) is 1.35. The summed E-state index contributed by atoms with van der Waals surface area (Å²) in [5.41, 5.74) is 0. The van der Waals surface area contributed by atoms with E-state index in [0.717, 1.165) is 12.4 Å². The lowest BCUT2D eigenvalue weighted by Crippen LogP contribution is -2.16. The topological polar surface area (TPSA) is 16.1 Å². The van der Waals surface area contributed by atoms with Gasteiger partial charge in [0.1, 0.15) is 5.82 Å². The molecule has 1 aromatic rings. The Kier molecular flexibility index (Phi) is 2.26. The van der Waals surface area contributed by atoms with E-state index < -0.39 is 0 Å². The molecule has 0 N–H and O–H groups in total. The van der Waals surface area contributed by atoms with Crippen LogP contribution in [0, 0.1) is 6.92 Å². The molecule has 1 rings (SSSR count). The highest BCUT2D eigenvalue weighted by molar-refractivity contribution is 5.36. The van der Waals surface area contributed by atoms with E-state index in [1.165, 1.54) is 0 Å². The third-order valence-corrected chi connectivity index (χ3v) is 1.38. The average molecular weight is 135 g/mol. The molecule has 10 heavy (non-hydrogen) atoms. The monoisotopic (exact) mass is 135 g/mol. The summed E-state index contributed by atoms with van der Waals surface area (Å²) in [5, 5.41) is 0. The van der Waals surface area contributed by atoms with Crippen molar-refractivity contribution in [2.75, 3.05) is 18.5 Å². The fourth-order valence-electron chi connectivity index (χ4n) is 0.694. The van der Waals surface area contributed by atoms with Crippen LogP contribution in [0.3, 0.4) is 0 Å². The molecule has 0 fully saturated rings. The fraction of sp³-hybridized carbons (Fsp3) is 0.250. The average Bonchev–Trinajstić information content (AvgIpc) is 2.05. The zero-order chi connectivity index (χ0) is 7.40. The van der Waals surface area contributed by atoms with Gasteiger partial charge in [-0.15, -0.1) is 0 Å². The van der Waals surface area contributed by atoms with E-state index in [1.807, 2.05) is 30.1 Å². The SMILES string of the molecule is [CH2]CN(C)c1ccccn1. The summed E-state index contributed by atoms with van der Waals surface area (Å²) in [5.74, 6) is 0.970. The van der Waals surface area contributed by atoms with Gasteiger partial charge in [-0.1, -0.05) is 6.07 Å². The molecular formula is C8H11N2.